The molecule has 0 heterocycles. The fraction of sp³-hybridized carbons (Fsp3) is 0. The number of nitrogens with zero attached hydrogens (tertiary/aromatic N) is 2. The first-order valence-corrected chi connectivity index (χ1v) is 20.5. The largest absolute Gasteiger partial charge is 0.311 e. The molecule has 0 spiro atoms. The molecule has 0 unspecified atom stereocenters. The SMILES string of the molecule is c1ccc(-c2ccc(N(c3ccc(-c4ccccc4)cc3)c3ccc(-c4cccc5cccc(-c6ccc(N(c7ccccc7)c7ccccc7)cc6)c45)cc3)cc2)cc1. The predicted octanol–water partition coefficient (Wildman–Crippen LogP) is 16.4. The van der Waals surface area contributed by atoms with Crippen LogP contribution in [0.5, 0.6) is 0 Å². The lowest BCUT2D eigenvalue weighted by Gasteiger charge is -2.26. The maximum absolute atomic E-state index is 2.34. The summed E-state index contributed by atoms with van der Waals surface area (Å²) in [5.41, 5.74) is 16.2. The van der Waals surface area contributed by atoms with Crippen molar-refractivity contribution in [3.05, 3.63) is 255 Å². The molecule has 0 bridgehead atoms. The van der Waals surface area contributed by atoms with E-state index in [1.54, 1.807) is 0 Å². The van der Waals surface area contributed by atoms with Crippen LogP contribution in [0, 0.1) is 0 Å². The van der Waals surface area contributed by atoms with Crippen molar-refractivity contribution in [3.63, 3.8) is 0 Å². The highest BCUT2D eigenvalue weighted by molar-refractivity contribution is 6.06. The van der Waals surface area contributed by atoms with Crippen LogP contribution >= 0.6 is 0 Å². The van der Waals surface area contributed by atoms with Crippen molar-refractivity contribution in [1.82, 2.24) is 0 Å². The summed E-state index contributed by atoms with van der Waals surface area (Å²) in [5.74, 6) is 0. The smallest absolute Gasteiger partial charge is 0.0462 e. The molecule has 0 fully saturated rings. The van der Waals surface area contributed by atoms with Crippen molar-refractivity contribution in [1.29, 1.82) is 0 Å². The molecule has 0 radical (unpaired) electrons. The molecule has 0 aromatic heterocycles. The van der Waals surface area contributed by atoms with E-state index in [9.17, 15) is 0 Å². The van der Waals surface area contributed by atoms with E-state index in [4.69, 9.17) is 0 Å². The molecule has 0 N–H and O–H groups in total. The van der Waals surface area contributed by atoms with Crippen LogP contribution in [-0.2, 0) is 0 Å². The van der Waals surface area contributed by atoms with Gasteiger partial charge in [0.25, 0.3) is 0 Å². The van der Waals surface area contributed by atoms with Crippen LogP contribution in [0.25, 0.3) is 55.3 Å². The van der Waals surface area contributed by atoms with Crippen LogP contribution in [0.3, 0.4) is 0 Å². The summed E-state index contributed by atoms with van der Waals surface area (Å²) in [7, 11) is 0. The lowest BCUT2D eigenvalue weighted by atomic mass is 9.91. The van der Waals surface area contributed by atoms with E-state index in [1.807, 2.05) is 0 Å². The van der Waals surface area contributed by atoms with E-state index >= 15 is 0 Å². The fourth-order valence-electron chi connectivity index (χ4n) is 8.32. The molecule has 0 aliphatic heterocycles. The second-order valence-electron chi connectivity index (χ2n) is 15.0. The zero-order valence-corrected chi connectivity index (χ0v) is 33.1. The fourth-order valence-corrected chi connectivity index (χ4v) is 8.32. The number of rotatable bonds is 10. The van der Waals surface area contributed by atoms with Crippen molar-refractivity contribution in [3.8, 4) is 44.5 Å². The summed E-state index contributed by atoms with van der Waals surface area (Å²) in [6.45, 7) is 0. The molecule has 284 valence electrons. The van der Waals surface area contributed by atoms with Gasteiger partial charge in [0.15, 0.2) is 0 Å². The first kappa shape index (κ1) is 36.4. The number of hydrogen-bond donors (Lipinski definition) is 0. The predicted molar refractivity (Wildman–Crippen MR) is 255 cm³/mol. The van der Waals surface area contributed by atoms with Crippen molar-refractivity contribution < 1.29 is 0 Å². The van der Waals surface area contributed by atoms with Gasteiger partial charge in [0.2, 0.25) is 0 Å². The Bertz CT molecular complexity index is 2840. The van der Waals surface area contributed by atoms with E-state index in [0.29, 0.717) is 0 Å². The average molecular weight is 767 g/mol. The molecule has 10 rings (SSSR count). The molecule has 0 aliphatic carbocycles. The van der Waals surface area contributed by atoms with Crippen molar-refractivity contribution in [2.75, 3.05) is 9.80 Å². The summed E-state index contributed by atoms with van der Waals surface area (Å²) in [6, 6.07) is 91.3. The van der Waals surface area contributed by atoms with E-state index in [0.717, 1.165) is 34.1 Å². The van der Waals surface area contributed by atoms with Crippen LogP contribution in [0.15, 0.2) is 255 Å². The second kappa shape index (κ2) is 16.5. The van der Waals surface area contributed by atoms with Gasteiger partial charge in [0.1, 0.15) is 0 Å². The van der Waals surface area contributed by atoms with Crippen LogP contribution in [0.1, 0.15) is 0 Å². The maximum Gasteiger partial charge on any atom is 0.0462 e. The number of para-hydroxylation sites is 2. The van der Waals surface area contributed by atoms with Crippen LogP contribution in [0.2, 0.25) is 0 Å². The third-order valence-electron chi connectivity index (χ3n) is 11.3. The molecule has 60 heavy (non-hydrogen) atoms. The second-order valence-corrected chi connectivity index (χ2v) is 15.0. The standard InChI is InChI=1S/C58H42N2/c1-5-15-43(16-6-1)45-27-35-52(36-28-45)60(53-37-29-46(30-38-53)44-17-7-2-8-18-44)55-41-33-48(34-42-55)57-26-14-20-49-19-13-25-56(58(49)57)47-31-39-54(40-32-47)59(50-21-9-3-10-22-50)51-23-11-4-12-24-51/h1-42H. The molecular formula is C58H42N2. The van der Waals surface area contributed by atoms with Crippen molar-refractivity contribution >= 4 is 44.9 Å². The molecule has 10 aromatic carbocycles. The molecular weight excluding hydrogens is 725 g/mol. The Hall–Kier alpha value is -7.94. The number of hydrogen-bond acceptors (Lipinski definition) is 2. The van der Waals surface area contributed by atoms with Gasteiger partial charge in [-0.2, -0.15) is 0 Å². The monoisotopic (exact) mass is 766 g/mol. The summed E-state index contributed by atoms with van der Waals surface area (Å²) >= 11 is 0. The van der Waals surface area contributed by atoms with Crippen LogP contribution in [-0.4, -0.2) is 0 Å². The van der Waals surface area contributed by atoms with Crippen molar-refractivity contribution in [2.24, 2.45) is 0 Å². The average Bonchev–Trinajstić information content (AvgIpc) is 3.33. The van der Waals surface area contributed by atoms with Crippen molar-refractivity contribution in [2.45, 2.75) is 0 Å². The number of fused-ring (bicyclic) bond motifs is 1. The van der Waals surface area contributed by atoms with Crippen LogP contribution < -0.4 is 9.80 Å². The molecule has 0 aliphatic rings. The number of anilines is 6. The minimum atomic E-state index is 1.09. The summed E-state index contributed by atoms with van der Waals surface area (Å²) < 4.78 is 0. The highest BCUT2D eigenvalue weighted by Crippen LogP contribution is 2.42. The molecule has 2 nitrogen and oxygen atoms in total. The Morgan fingerprint density at radius 1 is 0.183 bits per heavy atom. The van der Waals surface area contributed by atoms with E-state index in [1.165, 1.54) is 55.3 Å². The lowest BCUT2D eigenvalue weighted by Crippen LogP contribution is -2.09. The zero-order chi connectivity index (χ0) is 40.1. The first-order chi connectivity index (χ1) is 29.8. The topological polar surface area (TPSA) is 6.48 Å². The molecule has 10 aromatic rings. The van der Waals surface area contributed by atoms with Gasteiger partial charge in [-0.3, -0.25) is 0 Å². The third kappa shape index (κ3) is 7.35. The summed E-state index contributed by atoms with van der Waals surface area (Å²) in [6.07, 6.45) is 0. The van der Waals surface area contributed by atoms with Crippen LogP contribution in [0.4, 0.5) is 34.1 Å². The quantitative estimate of drug-likeness (QED) is 0.137. The molecule has 0 amide bonds. The first-order valence-electron chi connectivity index (χ1n) is 20.5. The molecule has 2 heteroatoms. The van der Waals surface area contributed by atoms with E-state index < -0.39 is 0 Å². The van der Waals surface area contributed by atoms with E-state index in [-0.39, 0.29) is 0 Å². The highest BCUT2D eigenvalue weighted by atomic mass is 15.1. The summed E-state index contributed by atoms with van der Waals surface area (Å²) in [5, 5.41) is 2.46. The summed E-state index contributed by atoms with van der Waals surface area (Å²) in [4.78, 5) is 4.65. The van der Waals surface area contributed by atoms with Gasteiger partial charge in [-0.25, -0.2) is 0 Å². The highest BCUT2D eigenvalue weighted by Gasteiger charge is 2.17. The Morgan fingerprint density at radius 3 is 0.783 bits per heavy atom. The van der Waals surface area contributed by atoms with Gasteiger partial charge >= 0.3 is 0 Å². The normalized spacial score (nSPS) is 11.0. The Morgan fingerprint density at radius 2 is 0.450 bits per heavy atom. The maximum atomic E-state index is 2.34. The zero-order valence-electron chi connectivity index (χ0n) is 33.1. The Kier molecular flexibility index (Phi) is 10.0. The van der Waals surface area contributed by atoms with Gasteiger partial charge in [-0.1, -0.05) is 182 Å². The van der Waals surface area contributed by atoms with Gasteiger partial charge in [-0.15, -0.1) is 0 Å². The third-order valence-corrected chi connectivity index (χ3v) is 11.3. The lowest BCUT2D eigenvalue weighted by molar-refractivity contribution is 1.28. The molecule has 0 saturated carbocycles. The minimum Gasteiger partial charge on any atom is -0.311 e. The van der Waals surface area contributed by atoms with Gasteiger partial charge in [-0.05, 0) is 128 Å². The van der Waals surface area contributed by atoms with Gasteiger partial charge in [0, 0.05) is 34.1 Å². The molecule has 0 saturated heterocycles. The Balaban J connectivity index is 1.01. The Labute approximate surface area is 352 Å². The van der Waals surface area contributed by atoms with E-state index in [2.05, 4.69) is 265 Å². The van der Waals surface area contributed by atoms with Gasteiger partial charge in [0.05, 0.1) is 0 Å². The number of benzene rings is 10. The van der Waals surface area contributed by atoms with Gasteiger partial charge < -0.3 is 9.80 Å². The minimum absolute atomic E-state index is 1.09. The molecule has 0 atom stereocenters.